The second kappa shape index (κ2) is 5.55. The van der Waals surface area contributed by atoms with Crippen LogP contribution in [0.15, 0.2) is 45.9 Å². The summed E-state index contributed by atoms with van der Waals surface area (Å²) in [6.07, 6.45) is 1.12. The zero-order chi connectivity index (χ0) is 13.2. The number of thioether (sulfide) groups is 1. The van der Waals surface area contributed by atoms with Crippen LogP contribution in [-0.2, 0) is 0 Å². The minimum atomic E-state index is 0.476. The fraction of sp³-hybridized carbons (Fsp3) is 0.267. The summed E-state index contributed by atoms with van der Waals surface area (Å²) in [5, 5.41) is 6.94. The largest absolute Gasteiger partial charge is 0.335 e. The molecule has 2 aromatic rings. The fourth-order valence-electron chi connectivity index (χ4n) is 2.11. The number of halogens is 1. The summed E-state index contributed by atoms with van der Waals surface area (Å²) in [6.45, 7) is 2.19. The Bertz CT molecular complexity index is 639. The molecule has 0 aromatic heterocycles. The highest BCUT2D eigenvalue weighted by atomic mass is 79.9. The summed E-state index contributed by atoms with van der Waals surface area (Å²) in [6, 6.07) is 13.2. The second-order valence-electron chi connectivity index (χ2n) is 4.64. The number of anilines is 1. The van der Waals surface area contributed by atoms with E-state index in [4.69, 9.17) is 0 Å². The summed E-state index contributed by atoms with van der Waals surface area (Å²) in [4.78, 5) is 4.66. The maximum Gasteiger partial charge on any atom is 0.161 e. The molecule has 1 aliphatic rings. The number of amidine groups is 1. The van der Waals surface area contributed by atoms with E-state index in [9.17, 15) is 0 Å². The molecular weight excluding hydrogens is 320 g/mol. The zero-order valence-corrected chi connectivity index (χ0v) is 13.1. The first-order chi connectivity index (χ1) is 9.24. The van der Waals surface area contributed by atoms with E-state index < -0.39 is 0 Å². The third-order valence-electron chi connectivity index (χ3n) is 3.24. The molecule has 1 atom stereocenters. The topological polar surface area (TPSA) is 24.4 Å². The Morgan fingerprint density at radius 1 is 1.26 bits per heavy atom. The van der Waals surface area contributed by atoms with Gasteiger partial charge in [0.05, 0.1) is 6.04 Å². The first-order valence-electron chi connectivity index (χ1n) is 6.41. The lowest BCUT2D eigenvalue weighted by Crippen LogP contribution is -2.05. The van der Waals surface area contributed by atoms with Crippen LogP contribution in [0.2, 0.25) is 0 Å². The van der Waals surface area contributed by atoms with Crippen LogP contribution in [0.4, 0.5) is 5.69 Å². The number of hydrogen-bond acceptors (Lipinski definition) is 3. The van der Waals surface area contributed by atoms with Gasteiger partial charge < -0.3 is 5.32 Å². The van der Waals surface area contributed by atoms with Crippen molar-refractivity contribution in [3.8, 4) is 0 Å². The van der Waals surface area contributed by atoms with Crippen molar-refractivity contribution >= 4 is 49.3 Å². The van der Waals surface area contributed by atoms with Crippen molar-refractivity contribution in [1.29, 1.82) is 0 Å². The van der Waals surface area contributed by atoms with E-state index >= 15 is 0 Å². The van der Waals surface area contributed by atoms with Crippen molar-refractivity contribution in [3.63, 3.8) is 0 Å². The third-order valence-corrected chi connectivity index (χ3v) is 4.76. The summed E-state index contributed by atoms with van der Waals surface area (Å²) < 4.78 is 1.11. The van der Waals surface area contributed by atoms with Crippen LogP contribution in [-0.4, -0.2) is 17.0 Å². The SMILES string of the molecule is CCC1CSC(Nc2ccc3cc(Br)ccc3c2)=N1. The van der Waals surface area contributed by atoms with Gasteiger partial charge in [-0.2, -0.15) is 0 Å². The van der Waals surface area contributed by atoms with Gasteiger partial charge in [0, 0.05) is 15.9 Å². The number of hydrogen-bond donors (Lipinski definition) is 1. The molecule has 0 amide bonds. The zero-order valence-electron chi connectivity index (χ0n) is 10.7. The number of nitrogens with one attached hydrogen (secondary N) is 1. The van der Waals surface area contributed by atoms with Crippen LogP contribution in [0.3, 0.4) is 0 Å². The van der Waals surface area contributed by atoms with Gasteiger partial charge in [-0.15, -0.1) is 0 Å². The number of rotatable bonds is 2. The van der Waals surface area contributed by atoms with Crippen molar-refractivity contribution in [2.45, 2.75) is 19.4 Å². The monoisotopic (exact) mass is 334 g/mol. The van der Waals surface area contributed by atoms with Gasteiger partial charge in [-0.25, -0.2) is 0 Å². The lowest BCUT2D eigenvalue weighted by molar-refractivity contribution is 0.738. The Hall–Kier alpha value is -1.00. The van der Waals surface area contributed by atoms with E-state index in [1.165, 1.54) is 10.8 Å². The normalized spacial score (nSPS) is 18.6. The van der Waals surface area contributed by atoms with E-state index in [0.717, 1.165) is 27.5 Å². The summed E-state index contributed by atoms with van der Waals surface area (Å²) >= 11 is 5.31. The summed E-state index contributed by atoms with van der Waals surface area (Å²) in [7, 11) is 0. The molecule has 1 aliphatic heterocycles. The molecular formula is C15H15BrN2S. The maximum absolute atomic E-state index is 4.66. The third kappa shape index (κ3) is 2.95. The molecule has 98 valence electrons. The van der Waals surface area contributed by atoms with E-state index in [1.807, 2.05) is 11.8 Å². The molecule has 1 N–H and O–H groups in total. The first kappa shape index (κ1) is 13.0. The quantitative estimate of drug-likeness (QED) is 0.844. The van der Waals surface area contributed by atoms with Crippen molar-refractivity contribution < 1.29 is 0 Å². The standard InChI is InChI=1S/C15H15BrN2S/c1-2-13-9-19-15(17-13)18-14-6-4-10-7-12(16)5-3-11(10)8-14/h3-8,13H,2,9H2,1H3,(H,17,18). The molecule has 1 unspecified atom stereocenters. The average Bonchev–Trinajstić information content (AvgIpc) is 2.86. The predicted molar refractivity (Wildman–Crippen MR) is 89.2 cm³/mol. The molecule has 4 heteroatoms. The molecule has 0 aliphatic carbocycles. The number of benzene rings is 2. The molecule has 0 saturated heterocycles. The minimum absolute atomic E-state index is 0.476. The van der Waals surface area contributed by atoms with Crippen molar-refractivity contribution in [3.05, 3.63) is 40.9 Å². The van der Waals surface area contributed by atoms with E-state index in [-0.39, 0.29) is 0 Å². The minimum Gasteiger partial charge on any atom is -0.335 e. The fourth-order valence-corrected chi connectivity index (χ4v) is 3.56. The highest BCUT2D eigenvalue weighted by molar-refractivity contribution is 9.10. The number of aliphatic imine (C=N–C) groups is 1. The van der Waals surface area contributed by atoms with Gasteiger partial charge in [0.2, 0.25) is 0 Å². The molecule has 2 aromatic carbocycles. The van der Waals surface area contributed by atoms with Crippen LogP contribution in [0.25, 0.3) is 10.8 Å². The number of nitrogens with zero attached hydrogens (tertiary/aromatic N) is 1. The van der Waals surface area contributed by atoms with Crippen LogP contribution in [0.1, 0.15) is 13.3 Å². The molecule has 0 saturated carbocycles. The van der Waals surface area contributed by atoms with E-state index in [1.54, 1.807) is 0 Å². The lowest BCUT2D eigenvalue weighted by Gasteiger charge is -2.06. The molecule has 3 rings (SSSR count). The van der Waals surface area contributed by atoms with Crippen molar-refractivity contribution in [2.24, 2.45) is 4.99 Å². The first-order valence-corrected chi connectivity index (χ1v) is 8.19. The average molecular weight is 335 g/mol. The van der Waals surface area contributed by atoms with Gasteiger partial charge in [0.1, 0.15) is 0 Å². The van der Waals surface area contributed by atoms with E-state index in [0.29, 0.717) is 6.04 Å². The van der Waals surface area contributed by atoms with Gasteiger partial charge in [-0.05, 0) is 41.5 Å². The van der Waals surface area contributed by atoms with Crippen molar-refractivity contribution in [1.82, 2.24) is 0 Å². The Labute approximate surface area is 125 Å². The Kier molecular flexibility index (Phi) is 3.80. The molecule has 0 radical (unpaired) electrons. The summed E-state index contributed by atoms with van der Waals surface area (Å²) in [5.74, 6) is 1.10. The Morgan fingerprint density at radius 3 is 2.84 bits per heavy atom. The van der Waals surface area contributed by atoms with Gasteiger partial charge in [-0.3, -0.25) is 4.99 Å². The van der Waals surface area contributed by atoms with Crippen LogP contribution >= 0.6 is 27.7 Å². The van der Waals surface area contributed by atoms with Crippen LogP contribution in [0.5, 0.6) is 0 Å². The highest BCUT2D eigenvalue weighted by Gasteiger charge is 2.16. The maximum atomic E-state index is 4.66. The van der Waals surface area contributed by atoms with Crippen molar-refractivity contribution in [2.75, 3.05) is 11.1 Å². The summed E-state index contributed by atoms with van der Waals surface area (Å²) in [5.41, 5.74) is 1.11. The molecule has 0 fully saturated rings. The Balaban J connectivity index is 1.84. The van der Waals surface area contributed by atoms with Crippen LogP contribution in [0, 0.1) is 0 Å². The lowest BCUT2D eigenvalue weighted by atomic mass is 10.1. The van der Waals surface area contributed by atoms with E-state index in [2.05, 4.69) is 69.6 Å². The van der Waals surface area contributed by atoms with Gasteiger partial charge >= 0.3 is 0 Å². The molecule has 1 heterocycles. The second-order valence-corrected chi connectivity index (χ2v) is 6.56. The smallest absolute Gasteiger partial charge is 0.161 e. The van der Waals surface area contributed by atoms with Gasteiger partial charge in [-0.1, -0.05) is 46.7 Å². The van der Waals surface area contributed by atoms with Gasteiger partial charge in [0.15, 0.2) is 5.17 Å². The molecule has 0 bridgehead atoms. The van der Waals surface area contributed by atoms with Crippen LogP contribution < -0.4 is 5.32 Å². The molecule has 19 heavy (non-hydrogen) atoms. The Morgan fingerprint density at radius 2 is 2.05 bits per heavy atom. The predicted octanol–water partition coefficient (Wildman–Crippen LogP) is 4.90. The van der Waals surface area contributed by atoms with Gasteiger partial charge in [0.25, 0.3) is 0 Å². The molecule has 2 nitrogen and oxygen atoms in total. The molecule has 0 spiro atoms. The highest BCUT2D eigenvalue weighted by Crippen LogP contribution is 2.25. The number of fused-ring (bicyclic) bond motifs is 1.